The van der Waals surface area contributed by atoms with E-state index in [0.29, 0.717) is 11.5 Å². The van der Waals surface area contributed by atoms with Crippen LogP contribution in [0.3, 0.4) is 0 Å². The zero-order chi connectivity index (χ0) is 17.4. The second-order valence-corrected chi connectivity index (χ2v) is 7.82. The molecule has 0 saturated carbocycles. The summed E-state index contributed by atoms with van der Waals surface area (Å²) in [6.45, 7) is 0. The standard InChI is InChI=1S/C16H11BrN4O3S/c17-11-5-3-4-10(8-11)16-19-15(24-20-16)9-14-18-12-6-1-2-7-13(12)25(22,23)21-14/h1-8H,9H2,(H,18,21). The average molecular weight is 419 g/mol. The summed E-state index contributed by atoms with van der Waals surface area (Å²) >= 11 is 3.39. The van der Waals surface area contributed by atoms with Crippen LogP contribution in [0.4, 0.5) is 5.69 Å². The summed E-state index contributed by atoms with van der Waals surface area (Å²) in [4.78, 5) is 4.46. The molecule has 1 aliphatic heterocycles. The maximum atomic E-state index is 12.2. The molecule has 0 saturated heterocycles. The van der Waals surface area contributed by atoms with Crippen molar-refractivity contribution in [1.29, 1.82) is 0 Å². The van der Waals surface area contributed by atoms with E-state index in [-0.39, 0.29) is 23.0 Å². The van der Waals surface area contributed by atoms with Gasteiger partial charge in [-0.1, -0.05) is 45.4 Å². The lowest BCUT2D eigenvalue weighted by Gasteiger charge is -2.16. The van der Waals surface area contributed by atoms with Gasteiger partial charge in [-0.05, 0) is 24.3 Å². The van der Waals surface area contributed by atoms with Crippen molar-refractivity contribution in [2.75, 3.05) is 5.32 Å². The predicted octanol–water partition coefficient (Wildman–Crippen LogP) is 3.25. The van der Waals surface area contributed by atoms with E-state index in [1.54, 1.807) is 18.2 Å². The van der Waals surface area contributed by atoms with Gasteiger partial charge in [0.25, 0.3) is 10.0 Å². The smallest absolute Gasteiger partial charge is 0.286 e. The van der Waals surface area contributed by atoms with E-state index in [0.717, 1.165) is 10.0 Å². The Kier molecular flexibility index (Phi) is 3.89. The van der Waals surface area contributed by atoms with E-state index in [9.17, 15) is 8.42 Å². The van der Waals surface area contributed by atoms with Crippen molar-refractivity contribution in [2.45, 2.75) is 11.3 Å². The zero-order valence-electron chi connectivity index (χ0n) is 12.7. The second kappa shape index (κ2) is 6.08. The zero-order valence-corrected chi connectivity index (χ0v) is 15.1. The summed E-state index contributed by atoms with van der Waals surface area (Å²) in [5.74, 6) is 0.940. The molecular formula is C16H11BrN4O3S. The van der Waals surface area contributed by atoms with Crippen LogP contribution in [0.5, 0.6) is 0 Å². The first-order valence-electron chi connectivity index (χ1n) is 7.30. The Morgan fingerprint density at radius 1 is 1.12 bits per heavy atom. The van der Waals surface area contributed by atoms with Crippen LogP contribution in [0.2, 0.25) is 0 Å². The Labute approximate surface area is 152 Å². The number of nitrogens with zero attached hydrogens (tertiary/aromatic N) is 3. The van der Waals surface area contributed by atoms with E-state index < -0.39 is 10.0 Å². The van der Waals surface area contributed by atoms with Crippen molar-refractivity contribution >= 4 is 37.5 Å². The van der Waals surface area contributed by atoms with Crippen molar-refractivity contribution in [3.8, 4) is 11.4 Å². The molecule has 25 heavy (non-hydrogen) atoms. The van der Waals surface area contributed by atoms with Crippen LogP contribution >= 0.6 is 15.9 Å². The van der Waals surface area contributed by atoms with Crippen LogP contribution in [-0.2, 0) is 16.4 Å². The normalized spacial score (nSPS) is 15.2. The molecule has 2 aromatic carbocycles. The molecule has 0 amide bonds. The molecule has 1 aromatic heterocycles. The number of halogens is 1. The quantitative estimate of drug-likeness (QED) is 0.700. The molecule has 0 bridgehead atoms. The van der Waals surface area contributed by atoms with Crippen molar-refractivity contribution in [1.82, 2.24) is 10.1 Å². The molecule has 0 atom stereocenters. The van der Waals surface area contributed by atoms with Crippen LogP contribution in [-0.4, -0.2) is 24.4 Å². The number of fused-ring (bicyclic) bond motifs is 1. The van der Waals surface area contributed by atoms with Gasteiger partial charge in [0.2, 0.25) is 11.7 Å². The Hall–Kier alpha value is -2.52. The van der Waals surface area contributed by atoms with Gasteiger partial charge in [0.15, 0.2) is 0 Å². The van der Waals surface area contributed by atoms with Crippen molar-refractivity contribution in [3.05, 3.63) is 58.9 Å². The van der Waals surface area contributed by atoms with Gasteiger partial charge >= 0.3 is 0 Å². The predicted molar refractivity (Wildman–Crippen MR) is 95.8 cm³/mol. The lowest BCUT2D eigenvalue weighted by molar-refractivity contribution is 0.389. The summed E-state index contributed by atoms with van der Waals surface area (Å²) in [7, 11) is -3.73. The van der Waals surface area contributed by atoms with Gasteiger partial charge in [0, 0.05) is 10.0 Å². The maximum Gasteiger partial charge on any atom is 0.286 e. The summed E-state index contributed by atoms with van der Waals surface area (Å²) in [5.41, 5.74) is 1.28. The van der Waals surface area contributed by atoms with Gasteiger partial charge in [-0.3, -0.25) is 0 Å². The number of rotatable bonds is 3. The molecule has 7 nitrogen and oxygen atoms in total. The number of sulfonamides is 1. The molecule has 0 unspecified atom stereocenters. The number of hydrogen-bond donors (Lipinski definition) is 1. The largest absolute Gasteiger partial charge is 0.341 e. The van der Waals surface area contributed by atoms with Crippen molar-refractivity contribution < 1.29 is 12.9 Å². The average Bonchev–Trinajstić information content (AvgIpc) is 3.03. The first-order valence-corrected chi connectivity index (χ1v) is 9.53. The van der Waals surface area contributed by atoms with Gasteiger partial charge in [-0.15, -0.1) is 4.40 Å². The minimum absolute atomic E-state index is 0.0918. The summed E-state index contributed by atoms with van der Waals surface area (Å²) in [6, 6.07) is 14.1. The third kappa shape index (κ3) is 3.20. The fraction of sp³-hybridized carbons (Fsp3) is 0.0625. The van der Waals surface area contributed by atoms with E-state index in [4.69, 9.17) is 4.52 Å². The van der Waals surface area contributed by atoms with Crippen LogP contribution in [0.25, 0.3) is 11.4 Å². The lowest BCUT2D eigenvalue weighted by atomic mass is 10.2. The lowest BCUT2D eigenvalue weighted by Crippen LogP contribution is -2.23. The topological polar surface area (TPSA) is 97.5 Å². The molecule has 3 aromatic rings. The third-order valence-corrected chi connectivity index (χ3v) is 5.41. The Morgan fingerprint density at radius 3 is 2.80 bits per heavy atom. The first kappa shape index (κ1) is 16.0. The number of hydrogen-bond acceptors (Lipinski definition) is 6. The molecule has 2 heterocycles. The molecule has 0 radical (unpaired) electrons. The Morgan fingerprint density at radius 2 is 1.96 bits per heavy atom. The van der Waals surface area contributed by atoms with E-state index in [1.165, 1.54) is 6.07 Å². The van der Waals surface area contributed by atoms with Gasteiger partial charge in [0.05, 0.1) is 12.1 Å². The van der Waals surface area contributed by atoms with Crippen molar-refractivity contribution in [2.24, 2.45) is 4.40 Å². The molecule has 0 aliphatic carbocycles. The van der Waals surface area contributed by atoms with Gasteiger partial charge < -0.3 is 9.84 Å². The number of nitrogens with one attached hydrogen (secondary N) is 1. The van der Waals surface area contributed by atoms with Crippen LogP contribution in [0.1, 0.15) is 5.89 Å². The summed E-state index contributed by atoms with van der Waals surface area (Å²) < 4.78 is 34.4. The Bertz CT molecular complexity index is 1090. The Balaban J connectivity index is 1.61. The van der Waals surface area contributed by atoms with E-state index in [2.05, 4.69) is 35.8 Å². The number of aromatic nitrogens is 2. The maximum absolute atomic E-state index is 12.2. The van der Waals surface area contributed by atoms with Gasteiger partial charge in [-0.2, -0.15) is 13.4 Å². The highest BCUT2D eigenvalue weighted by molar-refractivity contribution is 9.10. The first-order chi connectivity index (χ1) is 12.0. The highest BCUT2D eigenvalue weighted by Crippen LogP contribution is 2.27. The minimum atomic E-state index is -3.73. The summed E-state index contributed by atoms with van der Waals surface area (Å²) in [6.07, 6.45) is 0.0918. The second-order valence-electron chi connectivity index (χ2n) is 5.33. The monoisotopic (exact) mass is 418 g/mol. The molecule has 0 spiro atoms. The number of para-hydroxylation sites is 1. The number of amidine groups is 1. The van der Waals surface area contributed by atoms with E-state index in [1.807, 2.05) is 24.3 Å². The van der Waals surface area contributed by atoms with Crippen LogP contribution < -0.4 is 5.32 Å². The molecular weight excluding hydrogens is 408 g/mol. The molecule has 0 fully saturated rings. The molecule has 1 N–H and O–H groups in total. The van der Waals surface area contributed by atoms with Crippen LogP contribution in [0.15, 0.2) is 66.8 Å². The number of benzene rings is 2. The summed E-state index contributed by atoms with van der Waals surface area (Å²) in [5, 5.41) is 6.93. The number of anilines is 1. The molecule has 4 rings (SSSR count). The molecule has 126 valence electrons. The molecule has 1 aliphatic rings. The minimum Gasteiger partial charge on any atom is -0.341 e. The van der Waals surface area contributed by atoms with Crippen molar-refractivity contribution in [3.63, 3.8) is 0 Å². The highest BCUT2D eigenvalue weighted by Gasteiger charge is 2.25. The van der Waals surface area contributed by atoms with Gasteiger partial charge in [-0.25, -0.2) is 0 Å². The van der Waals surface area contributed by atoms with Gasteiger partial charge in [0.1, 0.15) is 10.7 Å². The fourth-order valence-corrected chi connectivity index (χ4v) is 4.00. The molecule has 9 heteroatoms. The van der Waals surface area contributed by atoms with Crippen LogP contribution in [0, 0.1) is 0 Å². The fourth-order valence-electron chi connectivity index (χ4n) is 2.46. The van der Waals surface area contributed by atoms with E-state index >= 15 is 0 Å². The third-order valence-electron chi connectivity index (χ3n) is 3.54. The highest BCUT2D eigenvalue weighted by atomic mass is 79.9. The SMILES string of the molecule is O=S1(=O)N=C(Cc2nc(-c3cccc(Br)c3)no2)Nc2ccccc21.